The number of hydrogen-bond donors (Lipinski definition) is 0. The molecule has 4 nitrogen and oxygen atoms in total. The first-order valence-corrected chi connectivity index (χ1v) is 3.45. The second-order valence-electron chi connectivity index (χ2n) is 2.04. The highest BCUT2D eigenvalue weighted by molar-refractivity contribution is 5.34. The molecule has 0 aliphatic carbocycles. The van der Waals surface area contributed by atoms with E-state index in [9.17, 15) is 9.59 Å². The van der Waals surface area contributed by atoms with E-state index in [1.54, 1.807) is 0 Å². The monoisotopic (exact) mass is 154 g/mol. The smallest absolute Gasteiger partial charge is 0.211 e. The van der Waals surface area contributed by atoms with Crippen molar-refractivity contribution in [1.82, 2.24) is 0 Å². The van der Waals surface area contributed by atoms with Crippen LogP contribution in [-0.4, -0.2) is 24.7 Å². The molecular formula is C7H10N2O2. The molecule has 0 aromatic heterocycles. The van der Waals surface area contributed by atoms with Crippen LogP contribution in [0.4, 0.5) is 0 Å². The Bertz CT molecular complexity index is 191. The van der Waals surface area contributed by atoms with Crippen molar-refractivity contribution in [3.63, 3.8) is 0 Å². The van der Waals surface area contributed by atoms with Crippen LogP contribution in [0, 0.1) is 0 Å². The maximum absolute atomic E-state index is 9.81. The largest absolute Gasteiger partial charge is 0.235 e. The third kappa shape index (κ3) is 5.22. The molecule has 4 heteroatoms. The summed E-state index contributed by atoms with van der Waals surface area (Å²) < 4.78 is 0. The summed E-state index contributed by atoms with van der Waals surface area (Å²) in [7, 11) is 0. The minimum absolute atomic E-state index is 0.0513. The molecule has 0 aromatic rings. The van der Waals surface area contributed by atoms with Gasteiger partial charge in [0.15, 0.2) is 0 Å². The fraction of sp³-hybridized carbons (Fsp3) is 0.714. The maximum atomic E-state index is 9.81. The molecule has 60 valence electrons. The van der Waals surface area contributed by atoms with Crippen LogP contribution in [0.25, 0.3) is 0 Å². The van der Waals surface area contributed by atoms with E-state index in [0.717, 1.165) is 6.42 Å². The Kier molecular flexibility index (Phi) is 6.10. The van der Waals surface area contributed by atoms with Gasteiger partial charge < -0.3 is 0 Å². The number of hydrogen-bond acceptors (Lipinski definition) is 4. The van der Waals surface area contributed by atoms with Crippen molar-refractivity contribution in [2.75, 3.05) is 6.54 Å². The van der Waals surface area contributed by atoms with Crippen LogP contribution in [0.1, 0.15) is 19.8 Å². The Labute approximate surface area is 65.0 Å². The summed E-state index contributed by atoms with van der Waals surface area (Å²) in [6.45, 7) is 2.29. The molecule has 0 rings (SSSR count). The van der Waals surface area contributed by atoms with Crippen LogP contribution in [0.2, 0.25) is 0 Å². The maximum Gasteiger partial charge on any atom is 0.235 e. The summed E-state index contributed by atoms with van der Waals surface area (Å²) in [6, 6.07) is -0.0513. The summed E-state index contributed by atoms with van der Waals surface area (Å²) in [5, 5.41) is 0. The summed E-state index contributed by atoms with van der Waals surface area (Å²) in [5.74, 6) is 0. The van der Waals surface area contributed by atoms with E-state index in [0.29, 0.717) is 13.0 Å². The predicted molar refractivity (Wildman–Crippen MR) is 39.8 cm³/mol. The Hall–Kier alpha value is -1.24. The van der Waals surface area contributed by atoms with Crippen molar-refractivity contribution in [2.45, 2.75) is 25.8 Å². The Morgan fingerprint density at radius 1 is 1.36 bits per heavy atom. The second kappa shape index (κ2) is 6.87. The SMILES string of the molecule is CC[C@H](CCN=C=O)N=C=O. The van der Waals surface area contributed by atoms with E-state index >= 15 is 0 Å². The van der Waals surface area contributed by atoms with Gasteiger partial charge in [0.1, 0.15) is 0 Å². The lowest BCUT2D eigenvalue weighted by atomic mass is 10.2. The van der Waals surface area contributed by atoms with Gasteiger partial charge in [0.25, 0.3) is 0 Å². The van der Waals surface area contributed by atoms with Crippen molar-refractivity contribution in [2.24, 2.45) is 9.98 Å². The minimum Gasteiger partial charge on any atom is -0.211 e. The number of isocyanates is 2. The number of rotatable bonds is 5. The second-order valence-corrected chi connectivity index (χ2v) is 2.04. The molecule has 0 saturated carbocycles. The molecule has 0 aliphatic heterocycles. The summed E-state index contributed by atoms with van der Waals surface area (Å²) in [4.78, 5) is 26.3. The summed E-state index contributed by atoms with van der Waals surface area (Å²) >= 11 is 0. The van der Waals surface area contributed by atoms with Crippen LogP contribution in [-0.2, 0) is 9.59 Å². The third-order valence-electron chi connectivity index (χ3n) is 1.35. The van der Waals surface area contributed by atoms with Gasteiger partial charge in [-0.2, -0.15) is 0 Å². The summed E-state index contributed by atoms with van der Waals surface area (Å²) in [5.41, 5.74) is 0. The molecule has 0 bridgehead atoms. The number of nitrogens with zero attached hydrogens (tertiary/aromatic N) is 2. The van der Waals surface area contributed by atoms with Gasteiger partial charge in [0, 0.05) is 0 Å². The molecule has 0 aromatic carbocycles. The van der Waals surface area contributed by atoms with E-state index < -0.39 is 0 Å². The predicted octanol–water partition coefficient (Wildman–Crippen LogP) is 0.827. The Balaban J connectivity index is 3.68. The normalized spacial score (nSPS) is 11.0. The van der Waals surface area contributed by atoms with Crippen molar-refractivity contribution in [1.29, 1.82) is 0 Å². The van der Waals surface area contributed by atoms with Crippen molar-refractivity contribution in [3.05, 3.63) is 0 Å². The molecule has 0 fully saturated rings. The van der Waals surface area contributed by atoms with E-state index in [1.807, 2.05) is 6.92 Å². The van der Waals surface area contributed by atoms with E-state index in [4.69, 9.17) is 0 Å². The van der Waals surface area contributed by atoms with Gasteiger partial charge in [-0.25, -0.2) is 19.6 Å². The lowest BCUT2D eigenvalue weighted by molar-refractivity contribution is 0.543. The Morgan fingerprint density at radius 3 is 2.55 bits per heavy atom. The van der Waals surface area contributed by atoms with E-state index in [2.05, 4.69) is 9.98 Å². The molecule has 0 unspecified atom stereocenters. The topological polar surface area (TPSA) is 58.9 Å². The van der Waals surface area contributed by atoms with Crippen LogP contribution >= 0.6 is 0 Å². The van der Waals surface area contributed by atoms with Crippen LogP contribution in [0.5, 0.6) is 0 Å². The fourth-order valence-electron chi connectivity index (χ4n) is 0.694. The molecule has 0 spiro atoms. The van der Waals surface area contributed by atoms with E-state index in [1.165, 1.54) is 12.2 Å². The quantitative estimate of drug-likeness (QED) is 0.435. The zero-order chi connectivity index (χ0) is 8.53. The lowest BCUT2D eigenvalue weighted by Gasteiger charge is -2.02. The highest BCUT2D eigenvalue weighted by atomic mass is 16.1. The van der Waals surface area contributed by atoms with Crippen molar-refractivity contribution in [3.8, 4) is 0 Å². The van der Waals surface area contributed by atoms with Gasteiger partial charge in [-0.15, -0.1) is 0 Å². The number of aliphatic imine (C=N–C) groups is 2. The molecule has 1 atom stereocenters. The standard InChI is InChI=1S/C7H10N2O2/c1-2-7(9-6-11)3-4-8-5-10/h7H,2-4H2,1H3/t7-/m1/s1. The zero-order valence-electron chi connectivity index (χ0n) is 6.41. The molecule has 0 N–H and O–H groups in total. The first kappa shape index (κ1) is 9.76. The molecule has 0 saturated heterocycles. The first-order chi connectivity index (χ1) is 5.35. The Morgan fingerprint density at radius 2 is 2.09 bits per heavy atom. The van der Waals surface area contributed by atoms with Gasteiger partial charge in [-0.1, -0.05) is 6.92 Å². The van der Waals surface area contributed by atoms with Crippen LogP contribution in [0.15, 0.2) is 9.98 Å². The minimum atomic E-state index is -0.0513. The third-order valence-corrected chi connectivity index (χ3v) is 1.35. The highest BCUT2D eigenvalue weighted by Crippen LogP contribution is 2.01. The molecule has 0 heterocycles. The van der Waals surface area contributed by atoms with Gasteiger partial charge in [0.05, 0.1) is 12.6 Å². The van der Waals surface area contributed by atoms with Crippen molar-refractivity contribution < 1.29 is 9.59 Å². The fourth-order valence-corrected chi connectivity index (χ4v) is 0.694. The molecule has 0 amide bonds. The van der Waals surface area contributed by atoms with Crippen molar-refractivity contribution >= 4 is 12.2 Å². The molecule has 11 heavy (non-hydrogen) atoms. The molecule has 0 radical (unpaired) electrons. The zero-order valence-corrected chi connectivity index (χ0v) is 6.41. The van der Waals surface area contributed by atoms with E-state index in [-0.39, 0.29) is 6.04 Å². The van der Waals surface area contributed by atoms with Gasteiger partial charge in [-0.3, -0.25) is 0 Å². The van der Waals surface area contributed by atoms with Crippen LogP contribution in [0.3, 0.4) is 0 Å². The highest BCUT2D eigenvalue weighted by Gasteiger charge is 2.01. The van der Waals surface area contributed by atoms with Gasteiger partial charge >= 0.3 is 0 Å². The van der Waals surface area contributed by atoms with Crippen LogP contribution < -0.4 is 0 Å². The summed E-state index contributed by atoms with van der Waals surface area (Å²) in [6.07, 6.45) is 4.28. The average molecular weight is 154 g/mol. The molecule has 0 aliphatic rings. The lowest BCUT2D eigenvalue weighted by Crippen LogP contribution is -2.03. The first-order valence-electron chi connectivity index (χ1n) is 3.45. The van der Waals surface area contributed by atoms with Gasteiger partial charge in [-0.05, 0) is 12.8 Å². The average Bonchev–Trinajstić information content (AvgIpc) is 2.03. The number of carbonyl (C=O) groups excluding carboxylic acids is 2. The van der Waals surface area contributed by atoms with Gasteiger partial charge in [0.2, 0.25) is 12.2 Å². The molecular weight excluding hydrogens is 144 g/mol.